The van der Waals surface area contributed by atoms with Crippen molar-refractivity contribution in [2.24, 2.45) is 0 Å². The summed E-state index contributed by atoms with van der Waals surface area (Å²) in [5.74, 6) is -0.398. The number of carbonyl (C=O) groups is 1. The molecule has 152 valence electrons. The van der Waals surface area contributed by atoms with Crippen molar-refractivity contribution in [1.82, 2.24) is 24.6 Å². The average Bonchev–Trinajstić information content (AvgIpc) is 3.15. The summed E-state index contributed by atoms with van der Waals surface area (Å²) in [7, 11) is -4.15. The van der Waals surface area contributed by atoms with E-state index < -0.39 is 44.6 Å². The molecule has 1 aromatic heterocycles. The molecule has 0 unspecified atom stereocenters. The number of halogens is 3. The molecule has 2 heterocycles. The fourth-order valence-electron chi connectivity index (χ4n) is 3.29. The molecule has 0 bridgehead atoms. The van der Waals surface area contributed by atoms with Gasteiger partial charge in [-0.1, -0.05) is 11.3 Å². The number of piperazine rings is 1. The Labute approximate surface area is 159 Å². The van der Waals surface area contributed by atoms with Crippen molar-refractivity contribution in [3.05, 3.63) is 41.7 Å². The Balaban J connectivity index is 1.85. The van der Waals surface area contributed by atoms with Gasteiger partial charge in [0.25, 0.3) is 5.91 Å². The smallest absolute Gasteiger partial charge is 0.329 e. The number of rotatable bonds is 3. The number of nitrogens with zero attached hydrogens (tertiary/aromatic N) is 4. The molecule has 12 heteroatoms. The number of hydrogen-bond acceptors (Lipinski definition) is 5. The third-order valence-corrected chi connectivity index (χ3v) is 6.38. The van der Waals surface area contributed by atoms with Gasteiger partial charge in [0.05, 0.1) is 16.7 Å². The Morgan fingerprint density at radius 2 is 1.86 bits per heavy atom. The van der Waals surface area contributed by atoms with Crippen LogP contribution in [0.5, 0.6) is 0 Å². The second kappa shape index (κ2) is 7.17. The maximum absolute atomic E-state index is 12.9. The lowest BCUT2D eigenvalue weighted by Gasteiger charge is -2.43. The molecule has 2 aromatic rings. The van der Waals surface area contributed by atoms with Gasteiger partial charge in [-0.2, -0.15) is 17.5 Å². The van der Waals surface area contributed by atoms with E-state index in [1.807, 2.05) is 0 Å². The van der Waals surface area contributed by atoms with Gasteiger partial charge in [-0.3, -0.25) is 9.89 Å². The molecule has 28 heavy (non-hydrogen) atoms. The van der Waals surface area contributed by atoms with E-state index in [0.29, 0.717) is 6.07 Å². The van der Waals surface area contributed by atoms with Crippen molar-refractivity contribution in [2.45, 2.75) is 37.0 Å². The van der Waals surface area contributed by atoms with Gasteiger partial charge in [-0.25, -0.2) is 8.42 Å². The van der Waals surface area contributed by atoms with E-state index in [2.05, 4.69) is 15.4 Å². The molecule has 1 aromatic carbocycles. The van der Waals surface area contributed by atoms with Crippen molar-refractivity contribution in [2.75, 3.05) is 13.1 Å². The minimum absolute atomic E-state index is 0.0491. The van der Waals surface area contributed by atoms with Crippen LogP contribution >= 0.6 is 0 Å². The molecule has 1 saturated heterocycles. The van der Waals surface area contributed by atoms with Crippen molar-refractivity contribution in [3.63, 3.8) is 0 Å². The van der Waals surface area contributed by atoms with Gasteiger partial charge in [-0.05, 0) is 32.0 Å². The maximum atomic E-state index is 12.9. The van der Waals surface area contributed by atoms with Crippen LogP contribution in [0.1, 0.15) is 29.9 Å². The summed E-state index contributed by atoms with van der Waals surface area (Å²) in [6, 6.07) is 2.62. The first kappa shape index (κ1) is 20.3. The van der Waals surface area contributed by atoms with Gasteiger partial charge in [-0.15, -0.1) is 5.10 Å². The second-order valence-corrected chi connectivity index (χ2v) is 8.55. The summed E-state index contributed by atoms with van der Waals surface area (Å²) in [4.78, 5) is 13.6. The summed E-state index contributed by atoms with van der Waals surface area (Å²) in [6.45, 7) is 3.24. The largest absolute Gasteiger partial charge is 0.416 e. The van der Waals surface area contributed by atoms with Gasteiger partial charge in [0.1, 0.15) is 0 Å². The molecule has 1 aliphatic rings. The van der Waals surface area contributed by atoms with Gasteiger partial charge in [0, 0.05) is 25.2 Å². The summed E-state index contributed by atoms with van der Waals surface area (Å²) < 4.78 is 65.7. The van der Waals surface area contributed by atoms with Crippen LogP contribution < -0.4 is 0 Å². The van der Waals surface area contributed by atoms with Crippen molar-refractivity contribution >= 4 is 15.9 Å². The second-order valence-electron chi connectivity index (χ2n) is 6.62. The van der Waals surface area contributed by atoms with E-state index in [1.165, 1.54) is 11.1 Å². The Bertz CT molecular complexity index is 950. The molecule has 0 aliphatic carbocycles. The minimum Gasteiger partial charge on any atom is -0.329 e. The standard InChI is InChI=1S/C16H18F3N5O3S/c1-10-8-23(9-11(2)24(10)15(25)14-7-20-22-21-14)28(26,27)13-5-3-4-12(6-13)16(17,18)19/h3-7,10-11H,8-9H2,1-2H3,(H,20,21,22)/t10-,11+. The van der Waals surface area contributed by atoms with Crippen LogP contribution in [0.2, 0.25) is 0 Å². The Hall–Kier alpha value is -2.47. The predicted octanol–water partition coefficient (Wildman–Crippen LogP) is 1.75. The number of sulfonamides is 1. The van der Waals surface area contributed by atoms with Gasteiger partial charge in [0.15, 0.2) is 5.69 Å². The summed E-state index contributed by atoms with van der Waals surface area (Å²) in [5.41, 5.74) is -0.928. The molecule has 0 saturated carbocycles. The minimum atomic E-state index is -4.64. The SMILES string of the molecule is C[C@@H]1CN(S(=O)(=O)c2cccc(C(F)(F)F)c2)C[C@H](C)N1C(=O)c1c[nH]nn1. The van der Waals surface area contributed by atoms with Crippen LogP contribution in [0.15, 0.2) is 35.4 Å². The number of alkyl halides is 3. The van der Waals surface area contributed by atoms with E-state index in [1.54, 1.807) is 13.8 Å². The predicted molar refractivity (Wildman–Crippen MR) is 91.7 cm³/mol. The Morgan fingerprint density at radius 3 is 2.39 bits per heavy atom. The monoisotopic (exact) mass is 417 g/mol. The number of amides is 1. The fraction of sp³-hybridized carbons (Fsp3) is 0.438. The Kier molecular flexibility index (Phi) is 5.19. The van der Waals surface area contributed by atoms with Crippen LogP contribution in [0.25, 0.3) is 0 Å². The maximum Gasteiger partial charge on any atom is 0.416 e. The van der Waals surface area contributed by atoms with Gasteiger partial charge in [0.2, 0.25) is 10.0 Å². The highest BCUT2D eigenvalue weighted by atomic mass is 32.2. The topological polar surface area (TPSA) is 99.3 Å². The van der Waals surface area contributed by atoms with Gasteiger partial charge >= 0.3 is 6.18 Å². The summed E-state index contributed by atoms with van der Waals surface area (Å²) in [6.07, 6.45) is -3.30. The molecule has 3 rings (SSSR count). The zero-order valence-electron chi connectivity index (χ0n) is 15.0. The normalized spacial score (nSPS) is 21.7. The third kappa shape index (κ3) is 3.74. The van der Waals surface area contributed by atoms with Gasteiger partial charge < -0.3 is 4.90 Å². The van der Waals surface area contributed by atoms with Crippen molar-refractivity contribution in [3.8, 4) is 0 Å². The van der Waals surface area contributed by atoms with E-state index in [4.69, 9.17) is 0 Å². The molecule has 2 atom stereocenters. The molecular formula is C16H18F3N5O3S. The lowest BCUT2D eigenvalue weighted by Crippen LogP contribution is -2.59. The number of H-pyrrole nitrogens is 1. The molecule has 0 spiro atoms. The number of nitrogens with one attached hydrogen (secondary N) is 1. The first-order chi connectivity index (χ1) is 13.0. The first-order valence-corrected chi connectivity index (χ1v) is 9.82. The van der Waals surface area contributed by atoms with Crippen LogP contribution in [-0.4, -0.2) is 64.1 Å². The van der Waals surface area contributed by atoms with Crippen LogP contribution in [-0.2, 0) is 16.2 Å². The van der Waals surface area contributed by atoms with Crippen LogP contribution in [0, 0.1) is 0 Å². The molecule has 1 amide bonds. The van der Waals surface area contributed by atoms with Crippen molar-refractivity contribution < 1.29 is 26.4 Å². The highest BCUT2D eigenvalue weighted by molar-refractivity contribution is 7.89. The van der Waals surface area contributed by atoms with E-state index in [0.717, 1.165) is 22.5 Å². The highest BCUT2D eigenvalue weighted by Gasteiger charge is 2.40. The molecule has 1 aliphatic heterocycles. The fourth-order valence-corrected chi connectivity index (χ4v) is 4.94. The number of hydrogen-bond donors (Lipinski definition) is 1. The van der Waals surface area contributed by atoms with E-state index >= 15 is 0 Å². The first-order valence-electron chi connectivity index (χ1n) is 8.38. The summed E-state index contributed by atoms with van der Waals surface area (Å²) >= 11 is 0. The zero-order valence-corrected chi connectivity index (χ0v) is 15.8. The number of aromatic amines is 1. The van der Waals surface area contributed by atoms with Crippen LogP contribution in [0.3, 0.4) is 0 Å². The van der Waals surface area contributed by atoms with E-state index in [9.17, 15) is 26.4 Å². The molecular weight excluding hydrogens is 399 g/mol. The number of carbonyl (C=O) groups excluding carboxylic acids is 1. The van der Waals surface area contributed by atoms with Crippen molar-refractivity contribution in [1.29, 1.82) is 0 Å². The molecule has 0 radical (unpaired) electrons. The third-order valence-electron chi connectivity index (χ3n) is 4.55. The number of benzene rings is 1. The summed E-state index contributed by atoms with van der Waals surface area (Å²) in [5, 5.41) is 9.61. The lowest BCUT2D eigenvalue weighted by atomic mass is 10.1. The molecule has 1 fully saturated rings. The average molecular weight is 417 g/mol. The van der Waals surface area contributed by atoms with E-state index in [-0.39, 0.29) is 18.8 Å². The Morgan fingerprint density at radius 1 is 1.21 bits per heavy atom. The zero-order chi connectivity index (χ0) is 20.7. The quantitative estimate of drug-likeness (QED) is 0.820. The highest BCUT2D eigenvalue weighted by Crippen LogP contribution is 2.32. The lowest BCUT2D eigenvalue weighted by molar-refractivity contribution is -0.137. The molecule has 8 nitrogen and oxygen atoms in total. The number of aromatic nitrogens is 3. The van der Waals surface area contributed by atoms with Crippen LogP contribution in [0.4, 0.5) is 13.2 Å². The molecule has 1 N–H and O–H groups in total.